The number of benzene rings is 1. The molecule has 2 unspecified atom stereocenters. The Labute approximate surface area is 227 Å². The Balaban J connectivity index is 1.31. The second-order valence-electron chi connectivity index (χ2n) is 12.2. The summed E-state index contributed by atoms with van der Waals surface area (Å²) in [5.74, 6) is 0.451. The lowest BCUT2D eigenvalue weighted by Gasteiger charge is -2.59. The topological polar surface area (TPSA) is 73.2 Å². The van der Waals surface area contributed by atoms with E-state index in [1.165, 1.54) is 5.69 Å². The third-order valence-corrected chi connectivity index (χ3v) is 9.84. The fourth-order valence-corrected chi connectivity index (χ4v) is 7.30. The molecule has 5 rings (SSSR count). The number of nitrogens with zero attached hydrogens (tertiary/aromatic N) is 2. The third-order valence-electron chi connectivity index (χ3n) is 9.84. The van der Waals surface area contributed by atoms with Gasteiger partial charge in [0.25, 0.3) is 0 Å². The molecular formula is C32H42N2O4. The first-order valence-corrected chi connectivity index (χ1v) is 14.0. The minimum absolute atomic E-state index is 0.0285. The average Bonchev–Trinajstić information content (AvgIpc) is 3.25. The zero-order chi connectivity index (χ0) is 27.1. The number of likely N-dealkylation sites (N-methyl/N-ethyl adjacent to an activating group) is 1. The molecule has 0 bridgehead atoms. The Morgan fingerprint density at radius 1 is 1.13 bits per heavy atom. The van der Waals surface area contributed by atoms with E-state index in [4.69, 9.17) is 4.74 Å². The molecule has 0 radical (unpaired) electrons. The first-order valence-electron chi connectivity index (χ1n) is 14.0. The summed E-state index contributed by atoms with van der Waals surface area (Å²) in [6, 6.07) is 8.40. The largest absolute Gasteiger partial charge is 0.423 e. The van der Waals surface area contributed by atoms with Gasteiger partial charge in [0.2, 0.25) is 0 Å². The second kappa shape index (κ2) is 10.5. The number of esters is 1. The van der Waals surface area contributed by atoms with Crippen molar-refractivity contribution in [1.29, 1.82) is 0 Å². The molecule has 6 heteroatoms. The van der Waals surface area contributed by atoms with Gasteiger partial charge in [-0.25, -0.2) is 4.79 Å². The van der Waals surface area contributed by atoms with Crippen molar-refractivity contribution in [2.24, 2.45) is 22.7 Å². The highest BCUT2D eigenvalue weighted by atomic mass is 16.5. The Bertz CT molecular complexity index is 1160. The molecule has 1 aromatic carbocycles. The molecule has 2 N–H and O–H groups in total. The predicted octanol–water partition coefficient (Wildman–Crippen LogP) is 4.56. The van der Waals surface area contributed by atoms with Crippen LogP contribution < -0.4 is 4.90 Å². The van der Waals surface area contributed by atoms with Crippen molar-refractivity contribution in [2.45, 2.75) is 45.6 Å². The number of cyclic esters (lactones) is 1. The number of carbonyl (C=O) groups excluding carboxylic acids is 1. The van der Waals surface area contributed by atoms with E-state index in [2.05, 4.69) is 60.7 Å². The molecule has 5 atom stereocenters. The quantitative estimate of drug-likeness (QED) is 0.440. The van der Waals surface area contributed by atoms with Gasteiger partial charge in [-0.15, -0.1) is 0 Å². The number of hydrogen-bond acceptors (Lipinski definition) is 6. The van der Waals surface area contributed by atoms with Crippen molar-refractivity contribution >= 4 is 17.7 Å². The Morgan fingerprint density at radius 3 is 2.53 bits per heavy atom. The van der Waals surface area contributed by atoms with E-state index in [0.29, 0.717) is 17.8 Å². The normalized spacial score (nSPS) is 35.5. The summed E-state index contributed by atoms with van der Waals surface area (Å²) < 4.78 is 5.57. The predicted molar refractivity (Wildman–Crippen MR) is 151 cm³/mol. The van der Waals surface area contributed by atoms with Crippen molar-refractivity contribution in [3.8, 4) is 0 Å². The molecule has 0 amide bonds. The van der Waals surface area contributed by atoms with Gasteiger partial charge in [-0.1, -0.05) is 50.3 Å². The smallest absolute Gasteiger partial charge is 0.343 e. The molecular weight excluding hydrogens is 476 g/mol. The van der Waals surface area contributed by atoms with Crippen LogP contribution in [-0.4, -0.2) is 67.0 Å². The number of carbonyl (C=O) groups is 1. The van der Waals surface area contributed by atoms with E-state index in [1.807, 2.05) is 19.1 Å². The number of rotatable bonds is 5. The van der Waals surface area contributed by atoms with Crippen molar-refractivity contribution < 1.29 is 19.7 Å². The van der Waals surface area contributed by atoms with Crippen LogP contribution in [0.4, 0.5) is 5.69 Å². The van der Waals surface area contributed by atoms with Gasteiger partial charge < -0.3 is 24.7 Å². The monoisotopic (exact) mass is 518 g/mol. The summed E-state index contributed by atoms with van der Waals surface area (Å²) in [5, 5.41) is 21.0. The molecule has 1 saturated heterocycles. The standard InChI is InChI=1S/C32H42N2O4/c1-22-5-12-28-31(2,14-13-29(36)32(28,3)21-35)27(22)11-8-24-20-26(38-30(24)37)19-23-6-9-25(10-7-23)34-17-15-33(4)16-18-34/h6-11,19-20,27-29,35-36H,1,5,12-18,21H2,2-4H3/t27?,28?,29-,31-,32+/m1/s1. The van der Waals surface area contributed by atoms with Crippen LogP contribution in [0.5, 0.6) is 0 Å². The number of fused-ring (bicyclic) bond motifs is 1. The summed E-state index contributed by atoms with van der Waals surface area (Å²) >= 11 is 0. The summed E-state index contributed by atoms with van der Waals surface area (Å²) in [4.78, 5) is 17.4. The van der Waals surface area contributed by atoms with E-state index in [0.717, 1.165) is 56.6 Å². The van der Waals surface area contributed by atoms with Crippen LogP contribution in [0.2, 0.25) is 0 Å². The van der Waals surface area contributed by atoms with Crippen LogP contribution in [-0.2, 0) is 9.53 Å². The summed E-state index contributed by atoms with van der Waals surface area (Å²) in [5.41, 5.74) is 3.24. The number of aliphatic hydroxyl groups excluding tert-OH is 2. The summed E-state index contributed by atoms with van der Waals surface area (Å²) in [6.07, 6.45) is 10.5. The van der Waals surface area contributed by atoms with Gasteiger partial charge in [0.15, 0.2) is 0 Å². The minimum Gasteiger partial charge on any atom is -0.423 e. The summed E-state index contributed by atoms with van der Waals surface area (Å²) in [7, 11) is 2.16. The lowest BCUT2D eigenvalue weighted by molar-refractivity contribution is -0.145. The van der Waals surface area contributed by atoms with Crippen molar-refractivity contribution in [3.05, 3.63) is 71.5 Å². The van der Waals surface area contributed by atoms with E-state index < -0.39 is 11.5 Å². The molecule has 4 aliphatic rings. The Morgan fingerprint density at radius 2 is 1.84 bits per heavy atom. The van der Waals surface area contributed by atoms with E-state index in [-0.39, 0.29) is 29.8 Å². The Hall–Kier alpha value is -2.67. The van der Waals surface area contributed by atoms with Crippen molar-refractivity contribution in [2.75, 3.05) is 44.7 Å². The van der Waals surface area contributed by atoms with Crippen LogP contribution in [0.25, 0.3) is 6.08 Å². The van der Waals surface area contributed by atoms with Gasteiger partial charge in [-0.3, -0.25) is 0 Å². The molecule has 6 nitrogen and oxygen atoms in total. The van der Waals surface area contributed by atoms with Crippen LogP contribution >= 0.6 is 0 Å². The average molecular weight is 519 g/mol. The van der Waals surface area contributed by atoms with Gasteiger partial charge >= 0.3 is 5.97 Å². The number of hydrogen-bond donors (Lipinski definition) is 2. The number of allylic oxidation sites excluding steroid dienone is 3. The number of piperazine rings is 1. The first-order chi connectivity index (χ1) is 18.1. The van der Waals surface area contributed by atoms with Crippen LogP contribution in [0.1, 0.15) is 45.1 Å². The SMILES string of the molecule is C=C1CCC2[C@](C)(CC[C@@H](O)[C@@]2(C)CO)C1C=CC1=CC(=Cc2ccc(N3CCN(C)CC3)cc2)OC1=O. The van der Waals surface area contributed by atoms with E-state index >= 15 is 0 Å². The molecule has 3 fully saturated rings. The molecule has 38 heavy (non-hydrogen) atoms. The van der Waals surface area contributed by atoms with Gasteiger partial charge in [0, 0.05) is 43.2 Å². The number of anilines is 1. The number of aliphatic hydroxyl groups is 2. The van der Waals surface area contributed by atoms with E-state index in [9.17, 15) is 15.0 Å². The molecule has 2 aliphatic heterocycles. The molecule has 204 valence electrons. The molecule has 0 aromatic heterocycles. The van der Waals surface area contributed by atoms with Gasteiger partial charge in [-0.05, 0) is 73.9 Å². The van der Waals surface area contributed by atoms with Crippen LogP contribution in [0, 0.1) is 22.7 Å². The lowest BCUT2D eigenvalue weighted by atomic mass is 9.46. The Kier molecular flexibility index (Phi) is 7.42. The third kappa shape index (κ3) is 4.90. The van der Waals surface area contributed by atoms with Crippen molar-refractivity contribution in [3.63, 3.8) is 0 Å². The molecule has 2 aliphatic carbocycles. The molecule has 0 spiro atoms. The number of ether oxygens (including phenoxy) is 1. The van der Waals surface area contributed by atoms with E-state index in [1.54, 1.807) is 6.08 Å². The highest BCUT2D eigenvalue weighted by Crippen LogP contribution is 2.61. The molecule has 2 saturated carbocycles. The maximum Gasteiger partial charge on any atom is 0.343 e. The highest BCUT2D eigenvalue weighted by molar-refractivity contribution is 5.96. The maximum absolute atomic E-state index is 12.7. The minimum atomic E-state index is -0.527. The van der Waals surface area contributed by atoms with Gasteiger partial charge in [-0.2, -0.15) is 0 Å². The zero-order valence-corrected chi connectivity index (χ0v) is 23.0. The highest BCUT2D eigenvalue weighted by Gasteiger charge is 2.57. The summed E-state index contributed by atoms with van der Waals surface area (Å²) in [6.45, 7) is 12.8. The maximum atomic E-state index is 12.7. The molecule has 2 heterocycles. The van der Waals surface area contributed by atoms with Crippen LogP contribution in [0.3, 0.4) is 0 Å². The lowest BCUT2D eigenvalue weighted by Crippen LogP contribution is -2.57. The van der Waals surface area contributed by atoms with Gasteiger partial charge in [0.05, 0.1) is 18.3 Å². The van der Waals surface area contributed by atoms with Crippen molar-refractivity contribution in [1.82, 2.24) is 4.90 Å². The second-order valence-corrected chi connectivity index (χ2v) is 12.2. The molecule has 1 aromatic rings. The zero-order valence-electron chi connectivity index (χ0n) is 23.0. The first kappa shape index (κ1) is 26.9. The fraction of sp³-hybridized carbons (Fsp3) is 0.531. The van der Waals surface area contributed by atoms with Crippen LogP contribution in [0.15, 0.2) is 66.0 Å². The van der Waals surface area contributed by atoms with Gasteiger partial charge in [0.1, 0.15) is 5.76 Å². The fourth-order valence-electron chi connectivity index (χ4n) is 7.30.